The summed E-state index contributed by atoms with van der Waals surface area (Å²) in [4.78, 5) is 14.4. The van der Waals surface area contributed by atoms with Crippen molar-refractivity contribution in [2.24, 2.45) is 0 Å². The molecule has 0 fully saturated rings. The van der Waals surface area contributed by atoms with E-state index in [1.54, 1.807) is 24.3 Å². The van der Waals surface area contributed by atoms with Gasteiger partial charge in [-0.1, -0.05) is 78.3 Å². The lowest BCUT2D eigenvalue weighted by Crippen LogP contribution is -2.06. The minimum absolute atomic E-state index is 0.0128. The van der Waals surface area contributed by atoms with E-state index in [1.165, 1.54) is 6.07 Å². The molecular formula is C28H21ClFNO4. The lowest BCUT2D eigenvalue weighted by atomic mass is 10.00. The van der Waals surface area contributed by atoms with Crippen molar-refractivity contribution in [1.82, 2.24) is 4.98 Å². The summed E-state index contributed by atoms with van der Waals surface area (Å²) in [5.41, 5.74) is 2.15. The van der Waals surface area contributed by atoms with Crippen molar-refractivity contribution in [2.75, 3.05) is 6.61 Å². The topological polar surface area (TPSA) is 71.5 Å². The number of hydrogen-bond acceptors (Lipinski definition) is 3. The molecule has 1 aromatic heterocycles. The molecule has 7 heteroatoms. The average Bonchev–Trinajstić information content (AvgIpc) is 3.20. The van der Waals surface area contributed by atoms with Crippen LogP contribution in [0, 0.1) is 5.82 Å². The molecule has 0 spiro atoms. The second kappa shape index (κ2) is 9.68. The largest absolute Gasteiger partial charge is 0.512 e. The molecule has 0 unspecified atom stereocenters. The third-order valence-electron chi connectivity index (χ3n) is 5.91. The molecule has 0 aliphatic carbocycles. The Kier molecular flexibility index (Phi) is 6.29. The number of aromatic amines is 1. The molecule has 0 bridgehead atoms. The van der Waals surface area contributed by atoms with Gasteiger partial charge in [0.2, 0.25) is 5.88 Å². The molecule has 0 saturated heterocycles. The lowest BCUT2D eigenvalue weighted by molar-refractivity contribution is 0.142. The molecule has 0 amide bonds. The minimum Gasteiger partial charge on any atom is -0.493 e. The number of para-hydroxylation sites is 1. The monoisotopic (exact) mass is 489 g/mol. The summed E-state index contributed by atoms with van der Waals surface area (Å²) in [6.07, 6.45) is -0.322. The summed E-state index contributed by atoms with van der Waals surface area (Å²) >= 11 is 5.99. The van der Waals surface area contributed by atoms with Crippen molar-refractivity contribution in [3.63, 3.8) is 0 Å². The number of benzene rings is 4. The van der Waals surface area contributed by atoms with Crippen LogP contribution in [0.15, 0.2) is 78.9 Å². The number of halogens is 2. The first-order chi connectivity index (χ1) is 17.0. The van der Waals surface area contributed by atoms with Gasteiger partial charge in [0.1, 0.15) is 11.6 Å². The van der Waals surface area contributed by atoms with Crippen LogP contribution in [-0.4, -0.2) is 22.9 Å². The van der Waals surface area contributed by atoms with E-state index in [1.807, 2.05) is 48.5 Å². The van der Waals surface area contributed by atoms with E-state index in [0.29, 0.717) is 41.7 Å². The Bertz CT molecular complexity index is 1540. The Labute approximate surface area is 205 Å². The number of aromatic nitrogens is 1. The zero-order valence-electron chi connectivity index (χ0n) is 18.6. The number of nitrogens with one attached hydrogen (secondary N) is 1. The number of aryl methyl sites for hydroxylation is 1. The van der Waals surface area contributed by atoms with Crippen molar-refractivity contribution in [1.29, 1.82) is 0 Å². The fourth-order valence-electron chi connectivity index (χ4n) is 4.36. The molecule has 176 valence electrons. The highest BCUT2D eigenvalue weighted by Gasteiger charge is 2.19. The molecule has 5 aromatic rings. The summed E-state index contributed by atoms with van der Waals surface area (Å²) < 4.78 is 25.9. The molecule has 5 nitrogen and oxygen atoms in total. The van der Waals surface area contributed by atoms with Gasteiger partial charge in [-0.3, -0.25) is 0 Å². The van der Waals surface area contributed by atoms with Gasteiger partial charge < -0.3 is 19.6 Å². The molecule has 0 aliphatic rings. The smallest absolute Gasteiger partial charge is 0.493 e. The van der Waals surface area contributed by atoms with Gasteiger partial charge >= 0.3 is 6.16 Å². The zero-order valence-corrected chi connectivity index (χ0v) is 19.3. The summed E-state index contributed by atoms with van der Waals surface area (Å²) in [6, 6.07) is 24.1. The normalized spacial score (nSPS) is 11.1. The number of fused-ring (bicyclic) bond motifs is 2. The highest BCUT2D eigenvalue weighted by molar-refractivity contribution is 6.31. The van der Waals surface area contributed by atoms with Gasteiger partial charge in [-0.25, -0.2) is 9.18 Å². The second-order valence-electron chi connectivity index (χ2n) is 8.06. The van der Waals surface area contributed by atoms with Crippen LogP contribution in [0.4, 0.5) is 9.18 Å². The maximum Gasteiger partial charge on any atom is 0.512 e. The molecular weight excluding hydrogens is 469 g/mol. The van der Waals surface area contributed by atoms with Crippen molar-refractivity contribution in [3.8, 4) is 22.8 Å². The second-order valence-corrected chi connectivity index (χ2v) is 8.47. The molecule has 35 heavy (non-hydrogen) atoms. The maximum atomic E-state index is 14.8. The summed E-state index contributed by atoms with van der Waals surface area (Å²) in [6.45, 7) is 0.426. The van der Waals surface area contributed by atoms with Crippen LogP contribution in [0.5, 0.6) is 11.6 Å². The van der Waals surface area contributed by atoms with E-state index in [-0.39, 0.29) is 10.9 Å². The standard InChI is InChI=1S/C28H21ClFNO4/c29-23-14-5-10-19(25(23)30)20-11-4-12-21-22(27(31-26(20)21)35-28(32)33)13-6-16-34-24-15-3-8-17-7-1-2-9-18(17)24/h1-5,7-12,14-15,31H,6,13,16H2,(H,32,33). The number of ether oxygens (including phenoxy) is 2. The number of carbonyl (C=O) groups is 1. The third kappa shape index (κ3) is 4.53. The predicted octanol–water partition coefficient (Wildman–Crippen LogP) is 7.85. The van der Waals surface area contributed by atoms with Crippen LogP contribution in [0.2, 0.25) is 5.02 Å². The van der Waals surface area contributed by atoms with Crippen LogP contribution in [-0.2, 0) is 6.42 Å². The Hall–Kier alpha value is -4.03. The van der Waals surface area contributed by atoms with Gasteiger partial charge in [0.15, 0.2) is 0 Å². The lowest BCUT2D eigenvalue weighted by Gasteiger charge is -2.10. The van der Waals surface area contributed by atoms with Crippen LogP contribution >= 0.6 is 11.6 Å². The van der Waals surface area contributed by atoms with E-state index in [2.05, 4.69) is 4.98 Å². The fraction of sp³-hybridized carbons (Fsp3) is 0.107. The molecule has 0 atom stereocenters. The first-order valence-corrected chi connectivity index (χ1v) is 11.5. The van der Waals surface area contributed by atoms with E-state index >= 15 is 0 Å². The van der Waals surface area contributed by atoms with E-state index in [9.17, 15) is 14.3 Å². The summed E-state index contributed by atoms with van der Waals surface area (Å²) in [5.74, 6) is 0.373. The quantitative estimate of drug-likeness (QED) is 0.180. The Morgan fingerprint density at radius 1 is 0.914 bits per heavy atom. The van der Waals surface area contributed by atoms with E-state index in [4.69, 9.17) is 21.1 Å². The van der Waals surface area contributed by atoms with E-state index < -0.39 is 12.0 Å². The molecule has 0 aliphatic heterocycles. The molecule has 0 radical (unpaired) electrons. The SMILES string of the molecule is O=C(O)Oc1[nH]c2c(-c3cccc(Cl)c3F)cccc2c1CCCOc1cccc2ccccc12. The van der Waals surface area contributed by atoms with Crippen molar-refractivity contribution < 1.29 is 23.8 Å². The van der Waals surface area contributed by atoms with Crippen molar-refractivity contribution in [3.05, 3.63) is 95.3 Å². The highest BCUT2D eigenvalue weighted by Crippen LogP contribution is 2.37. The molecule has 2 N–H and O–H groups in total. The van der Waals surface area contributed by atoms with Gasteiger partial charge in [0.05, 0.1) is 17.1 Å². The zero-order chi connectivity index (χ0) is 24.4. The number of hydrogen-bond donors (Lipinski definition) is 2. The van der Waals surface area contributed by atoms with Gasteiger partial charge in [0, 0.05) is 27.5 Å². The van der Waals surface area contributed by atoms with Gasteiger partial charge in [-0.2, -0.15) is 0 Å². The van der Waals surface area contributed by atoms with Crippen LogP contribution in [0.3, 0.4) is 0 Å². The summed E-state index contributed by atoms with van der Waals surface area (Å²) in [7, 11) is 0. The number of carboxylic acid groups (broad SMARTS) is 1. The predicted molar refractivity (Wildman–Crippen MR) is 135 cm³/mol. The molecule has 4 aromatic carbocycles. The Balaban J connectivity index is 1.43. The van der Waals surface area contributed by atoms with Gasteiger partial charge in [-0.15, -0.1) is 0 Å². The van der Waals surface area contributed by atoms with Crippen LogP contribution in [0.1, 0.15) is 12.0 Å². The highest BCUT2D eigenvalue weighted by atomic mass is 35.5. The Morgan fingerprint density at radius 3 is 2.49 bits per heavy atom. The first-order valence-electron chi connectivity index (χ1n) is 11.1. The maximum absolute atomic E-state index is 14.8. The first kappa shape index (κ1) is 22.7. The fourth-order valence-corrected chi connectivity index (χ4v) is 4.54. The molecule has 1 heterocycles. The number of rotatable bonds is 7. The third-order valence-corrected chi connectivity index (χ3v) is 6.20. The van der Waals surface area contributed by atoms with Crippen molar-refractivity contribution >= 4 is 39.4 Å². The number of H-pyrrole nitrogens is 1. The van der Waals surface area contributed by atoms with Crippen LogP contribution in [0.25, 0.3) is 32.8 Å². The average molecular weight is 490 g/mol. The summed E-state index contributed by atoms with van der Waals surface area (Å²) in [5, 5.41) is 12.2. The Morgan fingerprint density at radius 2 is 1.63 bits per heavy atom. The van der Waals surface area contributed by atoms with Crippen LogP contribution < -0.4 is 9.47 Å². The van der Waals surface area contributed by atoms with Crippen molar-refractivity contribution in [2.45, 2.75) is 12.8 Å². The minimum atomic E-state index is -1.43. The van der Waals surface area contributed by atoms with E-state index in [0.717, 1.165) is 21.9 Å². The molecule has 0 saturated carbocycles. The molecule has 5 rings (SSSR count). The van der Waals surface area contributed by atoms with Gasteiger partial charge in [-0.05, 0) is 30.4 Å². The van der Waals surface area contributed by atoms with Gasteiger partial charge in [0.25, 0.3) is 0 Å².